The van der Waals surface area contributed by atoms with Crippen LogP contribution < -0.4 is 5.32 Å². The average molecular weight is 240 g/mol. The third-order valence-electron chi connectivity index (χ3n) is 4.17. The highest BCUT2D eigenvalue weighted by atomic mass is 14.9. The van der Waals surface area contributed by atoms with Crippen LogP contribution in [0.15, 0.2) is 36.5 Å². The molecule has 2 nitrogen and oxygen atoms in total. The molecule has 0 spiro atoms. The second-order valence-electron chi connectivity index (χ2n) is 5.31. The van der Waals surface area contributed by atoms with Gasteiger partial charge >= 0.3 is 0 Å². The molecule has 1 aromatic carbocycles. The van der Waals surface area contributed by atoms with Gasteiger partial charge in [-0.3, -0.25) is 4.98 Å². The summed E-state index contributed by atoms with van der Waals surface area (Å²) in [5, 5.41) is 4.69. The minimum absolute atomic E-state index is 0.674. The molecular formula is C16H20N2. The van der Waals surface area contributed by atoms with E-state index in [2.05, 4.69) is 47.8 Å². The second-order valence-corrected chi connectivity index (χ2v) is 5.31. The summed E-state index contributed by atoms with van der Waals surface area (Å²) in [5.41, 5.74) is 2.51. The van der Waals surface area contributed by atoms with Gasteiger partial charge in [-0.15, -0.1) is 0 Å². The number of pyridine rings is 1. The lowest BCUT2D eigenvalue weighted by Crippen LogP contribution is -2.30. The molecule has 1 saturated carbocycles. The first-order valence-electron chi connectivity index (χ1n) is 6.89. The number of para-hydroxylation sites is 1. The van der Waals surface area contributed by atoms with Crippen molar-refractivity contribution in [2.24, 2.45) is 0 Å². The lowest BCUT2D eigenvalue weighted by Gasteiger charge is -2.29. The fourth-order valence-electron chi connectivity index (χ4n) is 3.07. The van der Waals surface area contributed by atoms with Crippen LogP contribution in [0.3, 0.4) is 0 Å². The Labute approximate surface area is 108 Å². The number of aromatic nitrogens is 1. The number of hydrogen-bond acceptors (Lipinski definition) is 2. The molecule has 2 aromatic rings. The van der Waals surface area contributed by atoms with Gasteiger partial charge in [-0.2, -0.15) is 0 Å². The Hall–Kier alpha value is -1.41. The maximum atomic E-state index is 4.59. The first-order chi connectivity index (χ1) is 8.86. The Kier molecular flexibility index (Phi) is 3.28. The number of rotatable bonds is 2. The van der Waals surface area contributed by atoms with Gasteiger partial charge in [-0.25, -0.2) is 0 Å². The second kappa shape index (κ2) is 5.07. The first kappa shape index (κ1) is 11.7. The van der Waals surface area contributed by atoms with Crippen molar-refractivity contribution in [1.29, 1.82) is 0 Å². The number of nitrogens with one attached hydrogen (secondary N) is 1. The van der Waals surface area contributed by atoms with Crippen molar-refractivity contribution >= 4 is 10.9 Å². The molecule has 1 aliphatic rings. The zero-order chi connectivity index (χ0) is 12.4. The van der Waals surface area contributed by atoms with Gasteiger partial charge in [0.1, 0.15) is 0 Å². The summed E-state index contributed by atoms with van der Waals surface area (Å²) in [6.07, 6.45) is 7.26. The van der Waals surface area contributed by atoms with E-state index in [9.17, 15) is 0 Å². The molecule has 0 aliphatic heterocycles. The molecule has 0 bridgehead atoms. The lowest BCUT2D eigenvalue weighted by molar-refractivity contribution is 0.355. The van der Waals surface area contributed by atoms with Crippen LogP contribution >= 0.6 is 0 Å². The molecule has 1 fully saturated rings. The highest BCUT2D eigenvalue weighted by molar-refractivity contribution is 5.78. The van der Waals surface area contributed by atoms with Crippen LogP contribution in [-0.2, 0) is 0 Å². The highest BCUT2D eigenvalue weighted by Crippen LogP contribution is 2.33. The van der Waals surface area contributed by atoms with Gasteiger partial charge in [-0.05, 0) is 49.9 Å². The molecule has 0 amide bonds. The van der Waals surface area contributed by atoms with Gasteiger partial charge in [0.2, 0.25) is 0 Å². The SMILES string of the molecule is CNC1CCCC(c2cnc3ccccc3c2)C1. The predicted molar refractivity (Wildman–Crippen MR) is 75.8 cm³/mol. The molecule has 3 rings (SSSR count). The number of benzene rings is 1. The highest BCUT2D eigenvalue weighted by Gasteiger charge is 2.22. The monoisotopic (exact) mass is 240 g/mol. The van der Waals surface area contributed by atoms with E-state index in [4.69, 9.17) is 0 Å². The Morgan fingerprint density at radius 2 is 2.11 bits per heavy atom. The number of hydrogen-bond donors (Lipinski definition) is 1. The minimum atomic E-state index is 0.674. The van der Waals surface area contributed by atoms with Crippen molar-refractivity contribution in [2.75, 3.05) is 7.05 Å². The van der Waals surface area contributed by atoms with Gasteiger partial charge in [0.25, 0.3) is 0 Å². The van der Waals surface area contributed by atoms with E-state index in [0.29, 0.717) is 12.0 Å². The molecular weight excluding hydrogens is 220 g/mol. The van der Waals surface area contributed by atoms with E-state index in [1.807, 2.05) is 6.07 Å². The summed E-state index contributed by atoms with van der Waals surface area (Å²) in [5.74, 6) is 0.674. The summed E-state index contributed by atoms with van der Waals surface area (Å²) in [4.78, 5) is 4.59. The van der Waals surface area contributed by atoms with Crippen LogP contribution in [0.2, 0.25) is 0 Å². The van der Waals surface area contributed by atoms with Crippen LogP contribution in [-0.4, -0.2) is 18.1 Å². The topological polar surface area (TPSA) is 24.9 Å². The molecule has 18 heavy (non-hydrogen) atoms. The molecule has 94 valence electrons. The third kappa shape index (κ3) is 2.25. The maximum Gasteiger partial charge on any atom is 0.0702 e. The molecule has 1 N–H and O–H groups in total. The van der Waals surface area contributed by atoms with Crippen molar-refractivity contribution in [1.82, 2.24) is 10.3 Å². The van der Waals surface area contributed by atoms with E-state index < -0.39 is 0 Å². The summed E-state index contributed by atoms with van der Waals surface area (Å²) < 4.78 is 0. The lowest BCUT2D eigenvalue weighted by atomic mass is 9.82. The zero-order valence-corrected chi connectivity index (χ0v) is 10.9. The Morgan fingerprint density at radius 3 is 3.00 bits per heavy atom. The quantitative estimate of drug-likeness (QED) is 0.869. The largest absolute Gasteiger partial charge is 0.317 e. The minimum Gasteiger partial charge on any atom is -0.317 e. The van der Waals surface area contributed by atoms with Crippen LogP contribution in [0.1, 0.15) is 37.2 Å². The van der Waals surface area contributed by atoms with E-state index in [0.717, 1.165) is 5.52 Å². The van der Waals surface area contributed by atoms with Crippen molar-refractivity contribution in [3.63, 3.8) is 0 Å². The summed E-state index contributed by atoms with van der Waals surface area (Å²) in [6, 6.07) is 11.4. The summed E-state index contributed by atoms with van der Waals surface area (Å²) >= 11 is 0. The number of fused-ring (bicyclic) bond motifs is 1. The first-order valence-corrected chi connectivity index (χ1v) is 6.89. The molecule has 0 radical (unpaired) electrons. The van der Waals surface area contributed by atoms with E-state index >= 15 is 0 Å². The van der Waals surface area contributed by atoms with Crippen LogP contribution in [0, 0.1) is 0 Å². The fourth-order valence-corrected chi connectivity index (χ4v) is 3.07. The van der Waals surface area contributed by atoms with Crippen molar-refractivity contribution in [3.8, 4) is 0 Å². The summed E-state index contributed by atoms with van der Waals surface area (Å²) in [6.45, 7) is 0. The standard InChI is InChI=1S/C16H20N2/c1-17-15-7-4-6-12(10-15)14-9-13-5-2-3-8-16(13)18-11-14/h2-3,5,8-9,11-12,15,17H,4,6-7,10H2,1H3. The molecule has 2 heteroatoms. The average Bonchev–Trinajstić information content (AvgIpc) is 2.47. The fraction of sp³-hybridized carbons (Fsp3) is 0.438. The zero-order valence-electron chi connectivity index (χ0n) is 10.9. The Balaban J connectivity index is 1.89. The smallest absolute Gasteiger partial charge is 0.0702 e. The van der Waals surface area contributed by atoms with E-state index in [-0.39, 0.29) is 0 Å². The van der Waals surface area contributed by atoms with Gasteiger partial charge in [0.15, 0.2) is 0 Å². The molecule has 1 heterocycles. The van der Waals surface area contributed by atoms with Crippen molar-refractivity contribution in [2.45, 2.75) is 37.6 Å². The maximum absolute atomic E-state index is 4.59. The predicted octanol–water partition coefficient (Wildman–Crippen LogP) is 3.48. The molecule has 2 unspecified atom stereocenters. The van der Waals surface area contributed by atoms with Crippen LogP contribution in [0.5, 0.6) is 0 Å². The normalized spacial score (nSPS) is 24.3. The molecule has 1 aromatic heterocycles. The molecule has 0 saturated heterocycles. The summed E-state index contributed by atoms with van der Waals surface area (Å²) in [7, 11) is 2.08. The van der Waals surface area contributed by atoms with Crippen molar-refractivity contribution in [3.05, 3.63) is 42.1 Å². The van der Waals surface area contributed by atoms with E-state index in [1.54, 1.807) is 0 Å². The Bertz CT molecular complexity index is 535. The third-order valence-corrected chi connectivity index (χ3v) is 4.17. The van der Waals surface area contributed by atoms with Gasteiger partial charge < -0.3 is 5.32 Å². The van der Waals surface area contributed by atoms with E-state index in [1.165, 1.54) is 36.6 Å². The number of nitrogens with zero attached hydrogens (tertiary/aromatic N) is 1. The van der Waals surface area contributed by atoms with Gasteiger partial charge in [0.05, 0.1) is 5.52 Å². The Morgan fingerprint density at radius 1 is 1.22 bits per heavy atom. The molecule has 1 aliphatic carbocycles. The van der Waals surface area contributed by atoms with Crippen molar-refractivity contribution < 1.29 is 0 Å². The van der Waals surface area contributed by atoms with Crippen LogP contribution in [0.25, 0.3) is 10.9 Å². The molecule has 2 atom stereocenters. The van der Waals surface area contributed by atoms with Gasteiger partial charge in [0, 0.05) is 17.6 Å². The van der Waals surface area contributed by atoms with Gasteiger partial charge in [-0.1, -0.05) is 24.6 Å². The van der Waals surface area contributed by atoms with Crippen LogP contribution in [0.4, 0.5) is 0 Å².